The zero-order valence-electron chi connectivity index (χ0n) is 19.6. The van der Waals surface area contributed by atoms with Crippen molar-refractivity contribution in [2.24, 2.45) is 9.50 Å². The van der Waals surface area contributed by atoms with Crippen LogP contribution in [0, 0.1) is 0 Å². The molecule has 0 aromatic heterocycles. The second-order valence-corrected chi connectivity index (χ2v) is 11.2. The number of hydrogen-bond acceptors (Lipinski definition) is 4. The molecule has 4 aromatic carbocycles. The third-order valence-corrected chi connectivity index (χ3v) is 8.45. The van der Waals surface area contributed by atoms with Gasteiger partial charge in [-0.2, -0.15) is 13.5 Å². The van der Waals surface area contributed by atoms with Crippen LogP contribution in [0.1, 0.15) is 23.5 Å². The molecular weight excluding hydrogens is 510 g/mol. The Labute approximate surface area is 220 Å². The molecule has 0 saturated heterocycles. The largest absolute Gasteiger partial charge is 0.284 e. The number of hydrogen-bond donors (Lipinski definition) is 0. The van der Waals surface area contributed by atoms with Crippen molar-refractivity contribution in [3.63, 3.8) is 0 Å². The molecule has 5 nitrogen and oxygen atoms in total. The van der Waals surface area contributed by atoms with E-state index in [-0.39, 0.29) is 10.8 Å². The van der Waals surface area contributed by atoms with E-state index >= 15 is 0 Å². The summed E-state index contributed by atoms with van der Waals surface area (Å²) in [4.78, 5) is 0.161. The van der Waals surface area contributed by atoms with E-state index in [1.807, 2.05) is 73.0 Å². The molecule has 0 fully saturated rings. The van der Waals surface area contributed by atoms with Crippen LogP contribution in [0.5, 0.6) is 0 Å². The first-order valence-corrected chi connectivity index (χ1v) is 14.5. The van der Waals surface area contributed by atoms with E-state index in [1.165, 1.54) is 11.8 Å². The average molecular weight is 534 g/mol. The minimum atomic E-state index is -3.93. The smallest absolute Gasteiger partial charge is 0.241 e. The van der Waals surface area contributed by atoms with Crippen molar-refractivity contribution in [3.8, 4) is 0 Å². The Hall–Kier alpha value is -3.13. The van der Waals surface area contributed by atoms with Crippen LogP contribution in [-0.4, -0.2) is 37.1 Å². The van der Waals surface area contributed by atoms with E-state index in [9.17, 15) is 8.42 Å². The SMILES string of the molecule is CSC(=NS(=O)(=O)c1ccc2ccccc2c1)N1CCC(c2ccccc2)C(c2ccc(Cl)cc2)=N1. The fourth-order valence-electron chi connectivity index (χ4n) is 4.34. The molecule has 0 aliphatic carbocycles. The van der Waals surface area contributed by atoms with Crippen molar-refractivity contribution in [2.45, 2.75) is 17.2 Å². The summed E-state index contributed by atoms with van der Waals surface area (Å²) in [5, 5.41) is 9.44. The highest BCUT2D eigenvalue weighted by Gasteiger charge is 2.29. The Morgan fingerprint density at radius 1 is 0.944 bits per heavy atom. The summed E-state index contributed by atoms with van der Waals surface area (Å²) in [6.07, 6.45) is 2.58. The molecule has 182 valence electrons. The molecule has 36 heavy (non-hydrogen) atoms. The number of rotatable bonds is 4. The third-order valence-electron chi connectivity index (χ3n) is 6.15. The maximum absolute atomic E-state index is 13.3. The summed E-state index contributed by atoms with van der Waals surface area (Å²) in [7, 11) is -3.93. The Morgan fingerprint density at radius 3 is 2.36 bits per heavy atom. The molecule has 1 aliphatic rings. The van der Waals surface area contributed by atoms with Crippen molar-refractivity contribution >= 4 is 55.0 Å². The molecule has 0 radical (unpaired) electrons. The molecule has 1 aliphatic heterocycles. The lowest BCUT2D eigenvalue weighted by molar-refractivity contribution is 0.411. The second kappa shape index (κ2) is 10.5. The van der Waals surface area contributed by atoms with Crippen LogP contribution in [0.4, 0.5) is 0 Å². The fourth-order valence-corrected chi connectivity index (χ4v) is 6.32. The van der Waals surface area contributed by atoms with Gasteiger partial charge in [-0.05, 0) is 58.8 Å². The van der Waals surface area contributed by atoms with Crippen LogP contribution in [-0.2, 0) is 10.0 Å². The van der Waals surface area contributed by atoms with Crippen molar-refractivity contribution in [1.82, 2.24) is 5.01 Å². The Bertz CT molecular complexity index is 1550. The van der Waals surface area contributed by atoms with E-state index < -0.39 is 10.0 Å². The lowest BCUT2D eigenvalue weighted by atomic mass is 9.86. The molecule has 0 bridgehead atoms. The maximum Gasteiger partial charge on any atom is 0.284 e. The first kappa shape index (κ1) is 24.6. The number of halogens is 1. The minimum absolute atomic E-state index is 0.0730. The van der Waals surface area contributed by atoms with Crippen molar-refractivity contribution in [3.05, 3.63) is 113 Å². The molecule has 0 saturated carbocycles. The predicted molar refractivity (Wildman–Crippen MR) is 151 cm³/mol. The summed E-state index contributed by atoms with van der Waals surface area (Å²) in [5.74, 6) is 0.0730. The first-order valence-electron chi connectivity index (χ1n) is 11.5. The molecule has 0 amide bonds. The van der Waals surface area contributed by atoms with Crippen LogP contribution >= 0.6 is 23.4 Å². The molecule has 0 spiro atoms. The second-order valence-electron chi connectivity index (χ2n) is 8.43. The predicted octanol–water partition coefficient (Wildman–Crippen LogP) is 6.79. The average Bonchev–Trinajstić information content (AvgIpc) is 2.92. The molecular formula is C28H24ClN3O2S2. The van der Waals surface area contributed by atoms with Gasteiger partial charge in [0.2, 0.25) is 0 Å². The van der Waals surface area contributed by atoms with Gasteiger partial charge in [0.1, 0.15) is 0 Å². The number of hydrazone groups is 1. The Kier molecular flexibility index (Phi) is 7.14. The summed E-state index contributed by atoms with van der Waals surface area (Å²) >= 11 is 7.40. The molecule has 0 N–H and O–H groups in total. The molecule has 1 heterocycles. The highest BCUT2D eigenvalue weighted by Crippen LogP contribution is 2.31. The number of fused-ring (bicyclic) bond motifs is 1. The van der Waals surface area contributed by atoms with Gasteiger partial charge in [0, 0.05) is 17.5 Å². The zero-order valence-corrected chi connectivity index (χ0v) is 22.0. The van der Waals surface area contributed by atoms with E-state index in [4.69, 9.17) is 16.7 Å². The summed E-state index contributed by atoms with van der Waals surface area (Å²) in [6, 6.07) is 30.5. The van der Waals surface area contributed by atoms with Crippen LogP contribution in [0.15, 0.2) is 111 Å². The number of sulfonamides is 1. The topological polar surface area (TPSA) is 62.1 Å². The molecule has 1 atom stereocenters. The van der Waals surface area contributed by atoms with Gasteiger partial charge >= 0.3 is 0 Å². The Morgan fingerprint density at radius 2 is 1.64 bits per heavy atom. The lowest BCUT2D eigenvalue weighted by Crippen LogP contribution is -2.35. The highest BCUT2D eigenvalue weighted by molar-refractivity contribution is 8.13. The van der Waals surface area contributed by atoms with Crippen molar-refractivity contribution in [2.75, 3.05) is 12.8 Å². The maximum atomic E-state index is 13.3. The van der Waals surface area contributed by atoms with Gasteiger partial charge in [0.25, 0.3) is 10.0 Å². The highest BCUT2D eigenvalue weighted by atomic mass is 35.5. The van der Waals surface area contributed by atoms with Gasteiger partial charge in [-0.3, -0.25) is 0 Å². The monoisotopic (exact) mass is 533 g/mol. The van der Waals surface area contributed by atoms with Gasteiger partial charge in [-0.15, -0.1) is 4.40 Å². The summed E-state index contributed by atoms with van der Waals surface area (Å²) < 4.78 is 30.8. The molecule has 1 unspecified atom stereocenters. The number of thioether (sulfide) groups is 1. The standard InChI is InChI=1S/C28H24ClN3O2S2/c1-35-28(31-36(33,34)25-16-13-20-7-5-6-10-23(20)19-25)32-18-17-26(21-8-3-2-4-9-21)27(30-32)22-11-14-24(29)15-12-22/h2-16,19,26H,17-18H2,1H3. The van der Waals surface area contributed by atoms with Gasteiger partial charge in [-0.25, -0.2) is 5.01 Å². The van der Waals surface area contributed by atoms with Gasteiger partial charge in [0.15, 0.2) is 5.17 Å². The first-order chi connectivity index (χ1) is 17.4. The molecule has 5 rings (SSSR count). The van der Waals surface area contributed by atoms with Crippen LogP contribution < -0.4 is 0 Å². The van der Waals surface area contributed by atoms with Crippen molar-refractivity contribution in [1.29, 1.82) is 0 Å². The quantitative estimate of drug-likeness (QED) is 0.214. The minimum Gasteiger partial charge on any atom is -0.241 e. The Balaban J connectivity index is 1.54. The van der Waals surface area contributed by atoms with Gasteiger partial charge in [0.05, 0.1) is 10.6 Å². The van der Waals surface area contributed by atoms with Gasteiger partial charge < -0.3 is 0 Å². The van der Waals surface area contributed by atoms with Gasteiger partial charge in [-0.1, -0.05) is 96.2 Å². The summed E-state index contributed by atoms with van der Waals surface area (Å²) in [6.45, 7) is 0.545. The fraction of sp³-hybridized carbons (Fsp3) is 0.143. The van der Waals surface area contributed by atoms with E-state index in [0.29, 0.717) is 16.7 Å². The molecule has 4 aromatic rings. The number of amidine groups is 1. The van der Waals surface area contributed by atoms with Crippen LogP contribution in [0.3, 0.4) is 0 Å². The number of benzene rings is 4. The van der Waals surface area contributed by atoms with E-state index in [1.54, 1.807) is 23.2 Å². The number of nitrogens with zero attached hydrogens (tertiary/aromatic N) is 3. The van der Waals surface area contributed by atoms with Crippen LogP contribution in [0.25, 0.3) is 10.8 Å². The van der Waals surface area contributed by atoms with E-state index in [0.717, 1.165) is 34.0 Å². The lowest BCUT2D eigenvalue weighted by Gasteiger charge is -2.31. The third kappa shape index (κ3) is 5.19. The normalized spacial score (nSPS) is 16.7. The zero-order chi connectivity index (χ0) is 25.1. The van der Waals surface area contributed by atoms with E-state index in [2.05, 4.69) is 16.5 Å². The van der Waals surface area contributed by atoms with Crippen molar-refractivity contribution < 1.29 is 8.42 Å². The summed E-state index contributed by atoms with van der Waals surface area (Å²) in [5.41, 5.74) is 2.96. The van der Waals surface area contributed by atoms with Crippen LogP contribution in [0.2, 0.25) is 5.02 Å². The molecule has 8 heteroatoms.